The lowest BCUT2D eigenvalue weighted by atomic mass is 9.88. The van der Waals surface area contributed by atoms with Gasteiger partial charge in [-0.3, -0.25) is 0 Å². The molecule has 1 aliphatic heterocycles. The molecular weight excluding hydrogens is 257 g/mol. The second-order valence-corrected chi connectivity index (χ2v) is 4.96. The van der Waals surface area contributed by atoms with E-state index in [4.69, 9.17) is 0 Å². The van der Waals surface area contributed by atoms with E-state index in [1.165, 1.54) is 17.6 Å². The summed E-state index contributed by atoms with van der Waals surface area (Å²) in [6.07, 6.45) is -2.23. The summed E-state index contributed by atoms with van der Waals surface area (Å²) in [5.41, 5.74) is -0.213. The standard InChI is InChI=1S/C12H13F3N4/c1-3-7-4-9-16-5-8-10(19(9)18-7)11(2,6-17-8)12(13,14)15/h4-5,17H,3,6H2,1-2H3. The minimum atomic E-state index is -4.34. The largest absolute Gasteiger partial charge is 0.401 e. The zero-order valence-electron chi connectivity index (χ0n) is 10.5. The molecule has 0 amide bonds. The molecule has 4 nitrogen and oxygen atoms in total. The Balaban J connectivity index is 2.31. The maximum Gasteiger partial charge on any atom is 0.401 e. The van der Waals surface area contributed by atoms with E-state index in [2.05, 4.69) is 15.4 Å². The van der Waals surface area contributed by atoms with Gasteiger partial charge in [0.05, 0.1) is 23.3 Å². The van der Waals surface area contributed by atoms with E-state index < -0.39 is 11.6 Å². The fourth-order valence-corrected chi connectivity index (χ4v) is 2.40. The Morgan fingerprint density at radius 2 is 2.21 bits per heavy atom. The fourth-order valence-electron chi connectivity index (χ4n) is 2.40. The Hall–Kier alpha value is -1.79. The van der Waals surface area contributed by atoms with E-state index in [9.17, 15) is 13.2 Å². The summed E-state index contributed by atoms with van der Waals surface area (Å²) in [5, 5.41) is 7.00. The predicted octanol–water partition coefficient (Wildman–Crippen LogP) is 2.54. The van der Waals surface area contributed by atoms with Crippen LogP contribution < -0.4 is 5.32 Å². The number of aryl methyl sites for hydroxylation is 1. The Bertz CT molecular complexity index is 646. The first kappa shape index (κ1) is 12.3. The number of halogens is 3. The van der Waals surface area contributed by atoms with Crippen molar-refractivity contribution in [3.8, 4) is 0 Å². The van der Waals surface area contributed by atoms with Gasteiger partial charge in [-0.2, -0.15) is 18.3 Å². The Kier molecular flexibility index (Phi) is 2.33. The molecule has 7 heteroatoms. The molecular formula is C12H13F3N4. The average Bonchev–Trinajstić information content (AvgIpc) is 2.89. The van der Waals surface area contributed by atoms with Gasteiger partial charge in [0.15, 0.2) is 5.65 Å². The Labute approximate surface area is 107 Å². The summed E-state index contributed by atoms with van der Waals surface area (Å²) >= 11 is 0. The van der Waals surface area contributed by atoms with Gasteiger partial charge in [-0.15, -0.1) is 0 Å². The lowest BCUT2D eigenvalue weighted by Gasteiger charge is -2.27. The van der Waals surface area contributed by atoms with Crippen molar-refractivity contribution in [2.24, 2.45) is 0 Å². The van der Waals surface area contributed by atoms with Crippen molar-refractivity contribution < 1.29 is 13.2 Å². The molecule has 0 saturated carbocycles. The van der Waals surface area contributed by atoms with Gasteiger partial charge in [0, 0.05) is 12.6 Å². The second-order valence-electron chi connectivity index (χ2n) is 4.96. The molecule has 102 valence electrons. The number of nitrogens with one attached hydrogen (secondary N) is 1. The molecule has 1 N–H and O–H groups in total. The molecule has 2 aromatic heterocycles. The van der Waals surface area contributed by atoms with Crippen LogP contribution in [0.5, 0.6) is 0 Å². The zero-order valence-corrected chi connectivity index (χ0v) is 10.5. The maximum atomic E-state index is 13.3. The lowest BCUT2D eigenvalue weighted by Crippen LogP contribution is -2.42. The number of alkyl halides is 3. The van der Waals surface area contributed by atoms with E-state index in [1.807, 2.05) is 6.92 Å². The van der Waals surface area contributed by atoms with E-state index in [0.717, 1.165) is 5.69 Å². The van der Waals surface area contributed by atoms with Crippen LogP contribution in [0, 0.1) is 0 Å². The summed E-state index contributed by atoms with van der Waals surface area (Å²) in [6.45, 7) is 2.91. The van der Waals surface area contributed by atoms with Crippen LogP contribution in [0.15, 0.2) is 12.3 Å². The Morgan fingerprint density at radius 3 is 2.84 bits per heavy atom. The van der Waals surface area contributed by atoms with Crippen molar-refractivity contribution >= 4 is 11.3 Å². The van der Waals surface area contributed by atoms with Crippen LogP contribution in [0.2, 0.25) is 0 Å². The molecule has 3 rings (SSSR count). The van der Waals surface area contributed by atoms with Crippen LogP contribution in [0.25, 0.3) is 5.65 Å². The zero-order chi connectivity index (χ0) is 13.8. The highest BCUT2D eigenvalue weighted by Gasteiger charge is 2.57. The number of rotatable bonds is 1. The SMILES string of the molecule is CCc1cc2ncc3c(n2n1)C(C)(C(F)(F)F)CN3. The van der Waals surface area contributed by atoms with Gasteiger partial charge < -0.3 is 5.32 Å². The van der Waals surface area contributed by atoms with E-state index in [-0.39, 0.29) is 12.2 Å². The first-order chi connectivity index (χ1) is 8.87. The molecule has 19 heavy (non-hydrogen) atoms. The fraction of sp³-hybridized carbons (Fsp3) is 0.500. The summed E-state index contributed by atoms with van der Waals surface area (Å²) < 4.78 is 41.3. The number of nitrogens with zero attached hydrogens (tertiary/aromatic N) is 3. The highest BCUT2D eigenvalue weighted by Crippen LogP contribution is 2.47. The lowest BCUT2D eigenvalue weighted by molar-refractivity contribution is -0.181. The monoisotopic (exact) mass is 270 g/mol. The molecule has 0 radical (unpaired) electrons. The van der Waals surface area contributed by atoms with E-state index in [1.54, 1.807) is 6.07 Å². The molecule has 1 aliphatic rings. The summed E-state index contributed by atoms with van der Waals surface area (Å²) in [6, 6.07) is 1.72. The van der Waals surface area contributed by atoms with Gasteiger partial charge >= 0.3 is 6.18 Å². The summed E-state index contributed by atoms with van der Waals surface area (Å²) in [5.74, 6) is 0. The number of hydrogen-bond donors (Lipinski definition) is 1. The van der Waals surface area contributed by atoms with Crippen molar-refractivity contribution in [1.29, 1.82) is 0 Å². The third-order valence-electron chi connectivity index (χ3n) is 3.68. The number of hydrogen-bond acceptors (Lipinski definition) is 3. The second kappa shape index (κ2) is 3.61. The minimum absolute atomic E-state index is 0.143. The minimum Gasteiger partial charge on any atom is -0.381 e. The quantitative estimate of drug-likeness (QED) is 0.866. The van der Waals surface area contributed by atoms with Crippen LogP contribution in [0.3, 0.4) is 0 Å². The van der Waals surface area contributed by atoms with E-state index in [0.29, 0.717) is 17.8 Å². The predicted molar refractivity (Wildman–Crippen MR) is 64.3 cm³/mol. The van der Waals surface area contributed by atoms with Gasteiger partial charge in [-0.25, -0.2) is 9.50 Å². The van der Waals surface area contributed by atoms with Crippen LogP contribution in [-0.2, 0) is 11.8 Å². The third-order valence-corrected chi connectivity index (χ3v) is 3.68. The highest BCUT2D eigenvalue weighted by molar-refractivity contribution is 5.60. The first-order valence-electron chi connectivity index (χ1n) is 6.05. The molecule has 0 spiro atoms. The van der Waals surface area contributed by atoms with Crippen LogP contribution in [0.4, 0.5) is 18.9 Å². The normalized spacial score (nSPS) is 22.6. The average molecular weight is 270 g/mol. The topological polar surface area (TPSA) is 42.2 Å². The molecule has 0 fully saturated rings. The van der Waals surface area contributed by atoms with Crippen molar-refractivity contribution in [3.05, 3.63) is 23.7 Å². The molecule has 3 heterocycles. The first-order valence-corrected chi connectivity index (χ1v) is 6.05. The third kappa shape index (κ3) is 1.53. The van der Waals surface area contributed by atoms with Crippen molar-refractivity contribution in [2.75, 3.05) is 11.9 Å². The van der Waals surface area contributed by atoms with Crippen LogP contribution >= 0.6 is 0 Å². The molecule has 0 saturated heterocycles. The van der Waals surface area contributed by atoms with Gasteiger partial charge in [-0.05, 0) is 13.3 Å². The number of anilines is 1. The van der Waals surface area contributed by atoms with Crippen molar-refractivity contribution in [1.82, 2.24) is 14.6 Å². The van der Waals surface area contributed by atoms with E-state index >= 15 is 0 Å². The van der Waals surface area contributed by atoms with Gasteiger partial charge in [-0.1, -0.05) is 6.92 Å². The van der Waals surface area contributed by atoms with Crippen molar-refractivity contribution in [2.45, 2.75) is 31.9 Å². The molecule has 1 atom stereocenters. The maximum absolute atomic E-state index is 13.3. The Morgan fingerprint density at radius 1 is 1.47 bits per heavy atom. The molecule has 0 aliphatic carbocycles. The van der Waals surface area contributed by atoms with Gasteiger partial charge in [0.1, 0.15) is 5.41 Å². The van der Waals surface area contributed by atoms with Crippen molar-refractivity contribution in [3.63, 3.8) is 0 Å². The van der Waals surface area contributed by atoms with Crippen LogP contribution in [-0.4, -0.2) is 27.3 Å². The summed E-state index contributed by atoms with van der Waals surface area (Å²) in [4.78, 5) is 4.14. The molecule has 0 aromatic carbocycles. The van der Waals surface area contributed by atoms with Gasteiger partial charge in [0.2, 0.25) is 0 Å². The smallest absolute Gasteiger partial charge is 0.381 e. The van der Waals surface area contributed by atoms with Gasteiger partial charge in [0.25, 0.3) is 0 Å². The molecule has 2 aromatic rings. The molecule has 0 bridgehead atoms. The number of fused-ring (bicyclic) bond motifs is 3. The summed E-state index contributed by atoms with van der Waals surface area (Å²) in [7, 11) is 0. The molecule has 1 unspecified atom stereocenters. The van der Waals surface area contributed by atoms with Crippen LogP contribution in [0.1, 0.15) is 25.2 Å². The number of aromatic nitrogens is 3. The highest BCUT2D eigenvalue weighted by atomic mass is 19.4.